The van der Waals surface area contributed by atoms with Crippen LogP contribution in [0.2, 0.25) is 0 Å². The van der Waals surface area contributed by atoms with Gasteiger partial charge in [0.1, 0.15) is 5.65 Å². The van der Waals surface area contributed by atoms with E-state index in [4.69, 9.17) is 5.73 Å². The second kappa shape index (κ2) is 6.58. The van der Waals surface area contributed by atoms with Gasteiger partial charge in [0, 0.05) is 18.3 Å². The van der Waals surface area contributed by atoms with Crippen LogP contribution in [0.5, 0.6) is 0 Å². The predicted octanol–water partition coefficient (Wildman–Crippen LogP) is 2.98. The van der Waals surface area contributed by atoms with Gasteiger partial charge in [-0.3, -0.25) is 4.90 Å². The fourth-order valence-corrected chi connectivity index (χ4v) is 2.99. The number of nitrogens with zero attached hydrogens (tertiary/aromatic N) is 3. The van der Waals surface area contributed by atoms with Gasteiger partial charge in [0.25, 0.3) is 0 Å². The average molecular weight is 288 g/mol. The molecule has 0 saturated carbocycles. The van der Waals surface area contributed by atoms with Gasteiger partial charge < -0.3 is 10.1 Å². The number of rotatable bonds is 7. The molecule has 0 aliphatic carbocycles. The van der Waals surface area contributed by atoms with Gasteiger partial charge in [-0.1, -0.05) is 19.9 Å². The normalized spacial score (nSPS) is 14.8. The van der Waals surface area contributed by atoms with Crippen LogP contribution in [0, 0.1) is 6.92 Å². The number of aromatic nitrogens is 2. The van der Waals surface area contributed by atoms with E-state index in [1.807, 2.05) is 18.2 Å². The maximum Gasteiger partial charge on any atom is 0.137 e. The fraction of sp³-hybridized carbons (Fsp3) is 0.588. The first-order valence-electron chi connectivity index (χ1n) is 7.96. The molecule has 2 rings (SSSR count). The van der Waals surface area contributed by atoms with Crippen molar-refractivity contribution < 1.29 is 0 Å². The molecule has 1 atom stereocenters. The summed E-state index contributed by atoms with van der Waals surface area (Å²) in [6.45, 7) is 10.7. The zero-order valence-corrected chi connectivity index (χ0v) is 13.8. The van der Waals surface area contributed by atoms with E-state index >= 15 is 0 Å². The van der Waals surface area contributed by atoms with Crippen molar-refractivity contribution in [3.05, 3.63) is 35.8 Å². The van der Waals surface area contributed by atoms with E-state index in [9.17, 15) is 0 Å². The van der Waals surface area contributed by atoms with Crippen LogP contribution in [0.3, 0.4) is 0 Å². The molecule has 0 saturated heterocycles. The lowest BCUT2D eigenvalue weighted by Gasteiger charge is -2.38. The maximum atomic E-state index is 6.67. The van der Waals surface area contributed by atoms with Gasteiger partial charge in [-0.25, -0.2) is 4.98 Å². The van der Waals surface area contributed by atoms with Gasteiger partial charge >= 0.3 is 0 Å². The van der Waals surface area contributed by atoms with Crippen LogP contribution in [0.25, 0.3) is 5.65 Å². The minimum Gasteiger partial charge on any atom is -0.313 e. The van der Waals surface area contributed by atoms with Crippen molar-refractivity contribution in [2.75, 3.05) is 13.1 Å². The molecule has 0 aliphatic rings. The minimum atomic E-state index is -0.345. The summed E-state index contributed by atoms with van der Waals surface area (Å²) in [6.07, 6.45) is 5.13. The van der Waals surface area contributed by atoms with Crippen LogP contribution in [-0.4, -0.2) is 33.0 Å². The molecule has 0 amide bonds. The maximum absolute atomic E-state index is 6.67. The van der Waals surface area contributed by atoms with Gasteiger partial charge in [-0.05, 0) is 51.9 Å². The van der Waals surface area contributed by atoms with Crippen molar-refractivity contribution in [1.82, 2.24) is 14.3 Å². The largest absolute Gasteiger partial charge is 0.313 e. The molecule has 116 valence electrons. The summed E-state index contributed by atoms with van der Waals surface area (Å²) in [7, 11) is 0. The molecule has 2 N–H and O–H groups in total. The van der Waals surface area contributed by atoms with Gasteiger partial charge in [0.2, 0.25) is 0 Å². The van der Waals surface area contributed by atoms with Gasteiger partial charge in [-0.2, -0.15) is 0 Å². The Balaban J connectivity index is 2.30. The van der Waals surface area contributed by atoms with Crippen LogP contribution in [0.1, 0.15) is 45.0 Å². The summed E-state index contributed by atoms with van der Waals surface area (Å²) in [5.74, 6) is 0. The van der Waals surface area contributed by atoms with Crippen molar-refractivity contribution in [2.45, 2.75) is 52.6 Å². The lowest BCUT2D eigenvalue weighted by Crippen LogP contribution is -2.56. The zero-order valence-electron chi connectivity index (χ0n) is 13.8. The molecule has 2 heterocycles. The zero-order chi connectivity index (χ0) is 15.5. The summed E-state index contributed by atoms with van der Waals surface area (Å²) in [4.78, 5) is 7.04. The highest BCUT2D eigenvalue weighted by atomic mass is 15.3. The van der Waals surface area contributed by atoms with E-state index in [2.05, 4.69) is 48.2 Å². The topological polar surface area (TPSA) is 46.6 Å². The standard InChI is InChI=1S/C17H28N4/c1-5-10-20(11-6-2)17(4,18)13-15-14(3)19-16-9-7-8-12-21(15)16/h7-9,12H,5-6,10-11,13,18H2,1-4H3. The van der Waals surface area contributed by atoms with Crippen molar-refractivity contribution in [3.63, 3.8) is 0 Å². The third kappa shape index (κ3) is 3.44. The molecule has 0 aliphatic heterocycles. The second-order valence-corrected chi connectivity index (χ2v) is 6.09. The Morgan fingerprint density at radius 2 is 1.90 bits per heavy atom. The Morgan fingerprint density at radius 1 is 1.24 bits per heavy atom. The summed E-state index contributed by atoms with van der Waals surface area (Å²) in [5, 5.41) is 0. The Bertz CT molecular complexity index is 579. The van der Waals surface area contributed by atoms with Crippen LogP contribution in [0.15, 0.2) is 24.4 Å². The lowest BCUT2D eigenvalue weighted by molar-refractivity contribution is 0.107. The first kappa shape index (κ1) is 16.0. The van der Waals surface area contributed by atoms with E-state index in [0.29, 0.717) is 0 Å². The van der Waals surface area contributed by atoms with E-state index in [0.717, 1.165) is 43.7 Å². The van der Waals surface area contributed by atoms with E-state index in [1.54, 1.807) is 0 Å². The molecule has 21 heavy (non-hydrogen) atoms. The summed E-state index contributed by atoms with van der Waals surface area (Å²) in [6, 6.07) is 6.11. The van der Waals surface area contributed by atoms with Gasteiger partial charge in [-0.15, -0.1) is 0 Å². The quantitative estimate of drug-likeness (QED) is 0.797. The second-order valence-electron chi connectivity index (χ2n) is 6.09. The van der Waals surface area contributed by atoms with E-state index in [1.165, 1.54) is 5.69 Å². The number of nitrogens with two attached hydrogens (primary N) is 1. The molecule has 0 fully saturated rings. The highest BCUT2D eigenvalue weighted by Gasteiger charge is 2.28. The van der Waals surface area contributed by atoms with Crippen molar-refractivity contribution in [1.29, 1.82) is 0 Å². The third-order valence-electron chi connectivity index (χ3n) is 4.06. The van der Waals surface area contributed by atoms with Crippen molar-refractivity contribution in [2.24, 2.45) is 5.73 Å². The number of hydrogen-bond acceptors (Lipinski definition) is 3. The predicted molar refractivity (Wildman–Crippen MR) is 88.4 cm³/mol. The van der Waals surface area contributed by atoms with Gasteiger partial charge in [0.15, 0.2) is 0 Å². The summed E-state index contributed by atoms with van der Waals surface area (Å²) in [5.41, 5.74) is 9.61. The Hall–Kier alpha value is -1.39. The molecule has 2 aromatic rings. The van der Waals surface area contributed by atoms with Gasteiger partial charge in [0.05, 0.1) is 11.4 Å². The number of fused-ring (bicyclic) bond motifs is 1. The molecule has 4 nitrogen and oxygen atoms in total. The SMILES string of the molecule is CCCN(CCC)C(C)(N)Cc1c(C)nc2ccccn12. The number of pyridine rings is 1. The summed E-state index contributed by atoms with van der Waals surface area (Å²) < 4.78 is 2.16. The number of imidazole rings is 1. The molecule has 1 unspecified atom stereocenters. The Morgan fingerprint density at radius 3 is 2.52 bits per heavy atom. The molecule has 0 spiro atoms. The molecule has 0 bridgehead atoms. The molecule has 2 aromatic heterocycles. The minimum absolute atomic E-state index is 0.345. The van der Waals surface area contributed by atoms with Crippen LogP contribution < -0.4 is 5.73 Å². The van der Waals surface area contributed by atoms with E-state index in [-0.39, 0.29) is 5.66 Å². The van der Waals surface area contributed by atoms with E-state index < -0.39 is 0 Å². The molecule has 0 aromatic carbocycles. The molecule has 4 heteroatoms. The smallest absolute Gasteiger partial charge is 0.137 e. The lowest BCUT2D eigenvalue weighted by atomic mass is 10.0. The highest BCUT2D eigenvalue weighted by Crippen LogP contribution is 2.20. The Kier molecular flexibility index (Phi) is 5.01. The Labute approximate surface area is 128 Å². The number of hydrogen-bond donors (Lipinski definition) is 1. The number of aryl methyl sites for hydroxylation is 1. The van der Waals surface area contributed by atoms with Crippen LogP contribution in [-0.2, 0) is 6.42 Å². The van der Waals surface area contributed by atoms with Crippen LogP contribution in [0.4, 0.5) is 0 Å². The van der Waals surface area contributed by atoms with Crippen molar-refractivity contribution in [3.8, 4) is 0 Å². The third-order valence-corrected chi connectivity index (χ3v) is 4.06. The highest BCUT2D eigenvalue weighted by molar-refractivity contribution is 5.43. The monoisotopic (exact) mass is 288 g/mol. The average Bonchev–Trinajstić information content (AvgIpc) is 2.75. The fourth-order valence-electron chi connectivity index (χ4n) is 2.99. The molecular formula is C17H28N4. The first-order valence-corrected chi connectivity index (χ1v) is 7.96. The van der Waals surface area contributed by atoms with Crippen LogP contribution >= 0.6 is 0 Å². The first-order chi connectivity index (χ1) is 9.99. The van der Waals surface area contributed by atoms with Crippen molar-refractivity contribution >= 4 is 5.65 Å². The summed E-state index contributed by atoms with van der Waals surface area (Å²) >= 11 is 0. The molecular weight excluding hydrogens is 260 g/mol. The molecule has 0 radical (unpaired) electrons.